The molecule has 1 aromatic carbocycles. The van der Waals surface area contributed by atoms with Gasteiger partial charge in [-0.3, -0.25) is 4.79 Å². The van der Waals surface area contributed by atoms with Gasteiger partial charge in [0.05, 0.1) is 16.6 Å². The van der Waals surface area contributed by atoms with E-state index >= 15 is 0 Å². The molecule has 0 saturated carbocycles. The quantitative estimate of drug-likeness (QED) is 0.778. The van der Waals surface area contributed by atoms with E-state index in [1.165, 1.54) is 4.57 Å². The number of hydrogen-bond donors (Lipinski definition) is 2. The van der Waals surface area contributed by atoms with Gasteiger partial charge in [-0.2, -0.15) is 0 Å². The van der Waals surface area contributed by atoms with Crippen molar-refractivity contribution in [2.75, 3.05) is 5.73 Å². The van der Waals surface area contributed by atoms with Crippen LogP contribution in [-0.2, 0) is 6.42 Å². The van der Waals surface area contributed by atoms with Crippen molar-refractivity contribution in [3.8, 4) is 0 Å². The largest absolute Gasteiger partial charge is 0.477 e. The molecule has 0 aliphatic carbocycles. The van der Waals surface area contributed by atoms with Gasteiger partial charge in [-0.25, -0.2) is 13.6 Å². The molecule has 7 heteroatoms. The van der Waals surface area contributed by atoms with Crippen molar-refractivity contribution in [3.63, 3.8) is 0 Å². The predicted octanol–water partition coefficient (Wildman–Crippen LogP) is 1.68. The minimum Gasteiger partial charge on any atom is -0.477 e. The van der Waals surface area contributed by atoms with E-state index in [9.17, 15) is 18.4 Å². The number of nitrogens with zero attached hydrogens (tertiary/aromatic N) is 1. The summed E-state index contributed by atoms with van der Waals surface area (Å²) in [6.45, 7) is 1.73. The first-order valence-electron chi connectivity index (χ1n) is 5.92. The van der Waals surface area contributed by atoms with Crippen LogP contribution >= 0.6 is 0 Å². The summed E-state index contributed by atoms with van der Waals surface area (Å²) in [6.07, 6.45) is 1.34. The third-order valence-corrected chi connectivity index (χ3v) is 3.69. The summed E-state index contributed by atoms with van der Waals surface area (Å²) in [5.74, 6) is -3.80. The van der Waals surface area contributed by atoms with E-state index in [2.05, 4.69) is 0 Å². The molecule has 20 heavy (non-hydrogen) atoms. The van der Waals surface area contributed by atoms with Crippen LogP contribution in [0.25, 0.3) is 10.9 Å². The molecule has 1 aliphatic heterocycles. The van der Waals surface area contributed by atoms with Crippen LogP contribution < -0.4 is 11.2 Å². The standard InChI is InChI=1S/C13H10F2N2O3/c1-4-2-5-8(14)9(15)10(16)7-11(5)17(4)3-6(12(7)18)13(19)20/h3-4H,2,16H2,1H3,(H,19,20)/t4-/m0/s1. The highest BCUT2D eigenvalue weighted by Crippen LogP contribution is 2.37. The third-order valence-electron chi connectivity index (χ3n) is 3.69. The molecule has 0 amide bonds. The first-order chi connectivity index (χ1) is 9.34. The number of pyridine rings is 1. The van der Waals surface area contributed by atoms with Gasteiger partial charge in [0.1, 0.15) is 5.56 Å². The Morgan fingerprint density at radius 1 is 1.45 bits per heavy atom. The fraction of sp³-hybridized carbons (Fsp3) is 0.231. The van der Waals surface area contributed by atoms with Gasteiger partial charge < -0.3 is 15.4 Å². The smallest absolute Gasteiger partial charge is 0.341 e. The Morgan fingerprint density at radius 3 is 2.70 bits per heavy atom. The monoisotopic (exact) mass is 280 g/mol. The van der Waals surface area contributed by atoms with Crippen molar-refractivity contribution in [1.29, 1.82) is 0 Å². The number of carboxylic acid groups (broad SMARTS) is 1. The van der Waals surface area contributed by atoms with Crippen molar-refractivity contribution in [1.82, 2.24) is 4.57 Å². The second-order valence-corrected chi connectivity index (χ2v) is 4.88. The fourth-order valence-electron chi connectivity index (χ4n) is 2.73. The molecule has 0 fully saturated rings. The molecule has 2 aromatic rings. The molecule has 3 N–H and O–H groups in total. The van der Waals surface area contributed by atoms with Gasteiger partial charge in [0, 0.05) is 17.8 Å². The molecule has 104 valence electrons. The van der Waals surface area contributed by atoms with E-state index in [0.717, 1.165) is 6.20 Å². The summed E-state index contributed by atoms with van der Waals surface area (Å²) in [7, 11) is 0. The summed E-state index contributed by atoms with van der Waals surface area (Å²) in [5.41, 5.74) is 3.69. The molecule has 3 rings (SSSR count). The molecule has 5 nitrogen and oxygen atoms in total. The summed E-state index contributed by atoms with van der Waals surface area (Å²) < 4.78 is 29.1. The average Bonchev–Trinajstić information content (AvgIpc) is 2.71. The Morgan fingerprint density at radius 2 is 2.10 bits per heavy atom. The zero-order chi connectivity index (χ0) is 14.8. The van der Waals surface area contributed by atoms with Gasteiger partial charge in [0.15, 0.2) is 11.6 Å². The topological polar surface area (TPSA) is 85.3 Å². The Labute approximate surface area is 111 Å². The lowest BCUT2D eigenvalue weighted by molar-refractivity contribution is 0.0695. The zero-order valence-corrected chi connectivity index (χ0v) is 10.4. The second-order valence-electron chi connectivity index (χ2n) is 4.88. The molecule has 1 aromatic heterocycles. The Hall–Kier alpha value is -2.44. The Balaban J connectivity index is 2.64. The van der Waals surface area contributed by atoms with Gasteiger partial charge >= 0.3 is 5.97 Å². The normalized spacial score (nSPS) is 16.9. The molecule has 1 aliphatic rings. The molecule has 1 atom stereocenters. The molecule has 0 bridgehead atoms. The first kappa shape index (κ1) is 12.6. The van der Waals surface area contributed by atoms with Crippen LogP contribution in [0.1, 0.15) is 28.9 Å². The number of aromatic carboxylic acids is 1. The molecular formula is C13H10F2N2O3. The predicted molar refractivity (Wildman–Crippen MR) is 67.9 cm³/mol. The Kier molecular flexibility index (Phi) is 2.38. The highest BCUT2D eigenvalue weighted by atomic mass is 19.2. The highest BCUT2D eigenvalue weighted by Gasteiger charge is 2.31. The molecule has 0 spiro atoms. The summed E-state index contributed by atoms with van der Waals surface area (Å²) in [5, 5.41) is 8.78. The molecular weight excluding hydrogens is 270 g/mol. The van der Waals surface area contributed by atoms with Crippen molar-refractivity contribution < 1.29 is 18.7 Å². The van der Waals surface area contributed by atoms with Gasteiger partial charge in [-0.15, -0.1) is 0 Å². The van der Waals surface area contributed by atoms with Crippen molar-refractivity contribution >= 4 is 22.6 Å². The van der Waals surface area contributed by atoms with Crippen molar-refractivity contribution in [2.45, 2.75) is 19.4 Å². The number of hydrogen-bond acceptors (Lipinski definition) is 3. The summed E-state index contributed by atoms with van der Waals surface area (Å²) >= 11 is 0. The van der Waals surface area contributed by atoms with Crippen LogP contribution in [0.2, 0.25) is 0 Å². The number of carbonyl (C=O) groups is 1. The number of benzene rings is 1. The fourth-order valence-corrected chi connectivity index (χ4v) is 2.73. The lowest BCUT2D eigenvalue weighted by atomic mass is 10.0. The minimum absolute atomic E-state index is 0.0632. The number of halogens is 2. The van der Waals surface area contributed by atoms with Gasteiger partial charge in [-0.05, 0) is 13.3 Å². The van der Waals surface area contributed by atoms with Gasteiger partial charge in [-0.1, -0.05) is 0 Å². The lowest BCUT2D eigenvalue weighted by Gasteiger charge is -2.12. The number of nitrogens with two attached hydrogens (primary N) is 1. The number of nitrogen functional groups attached to an aromatic ring is 1. The SMILES string of the molecule is C[C@H]1Cc2c(F)c(F)c(N)c3c(=O)c(C(=O)O)cn1c23. The van der Waals surface area contributed by atoms with Crippen molar-refractivity contribution in [3.05, 3.63) is 39.2 Å². The zero-order valence-electron chi connectivity index (χ0n) is 10.4. The van der Waals surface area contributed by atoms with E-state index in [1.54, 1.807) is 6.92 Å². The summed E-state index contributed by atoms with van der Waals surface area (Å²) in [6, 6.07) is -0.276. The second kappa shape index (κ2) is 3.78. The van der Waals surface area contributed by atoms with E-state index in [4.69, 9.17) is 10.8 Å². The maximum absolute atomic E-state index is 13.9. The van der Waals surface area contributed by atoms with Gasteiger partial charge in [0.2, 0.25) is 5.43 Å². The van der Waals surface area contributed by atoms with Crippen LogP contribution in [0.15, 0.2) is 11.0 Å². The van der Waals surface area contributed by atoms with E-state index < -0.39 is 34.3 Å². The number of carboxylic acids is 1. The average molecular weight is 280 g/mol. The van der Waals surface area contributed by atoms with E-state index in [-0.39, 0.29) is 28.9 Å². The summed E-state index contributed by atoms with van der Waals surface area (Å²) in [4.78, 5) is 23.2. The first-order valence-corrected chi connectivity index (χ1v) is 5.92. The maximum Gasteiger partial charge on any atom is 0.341 e. The molecule has 0 saturated heterocycles. The number of aromatic nitrogens is 1. The van der Waals surface area contributed by atoms with Crippen LogP contribution in [0, 0.1) is 11.6 Å². The lowest BCUT2D eigenvalue weighted by Crippen LogP contribution is -2.20. The van der Waals surface area contributed by atoms with Crippen LogP contribution in [0.4, 0.5) is 14.5 Å². The number of anilines is 1. The van der Waals surface area contributed by atoms with Crippen molar-refractivity contribution in [2.24, 2.45) is 0 Å². The van der Waals surface area contributed by atoms with Crippen LogP contribution in [-0.4, -0.2) is 15.6 Å². The van der Waals surface area contributed by atoms with E-state index in [1.807, 2.05) is 0 Å². The Bertz CT molecular complexity index is 842. The number of rotatable bonds is 1. The third kappa shape index (κ3) is 1.34. The van der Waals surface area contributed by atoms with Crippen LogP contribution in [0.3, 0.4) is 0 Å². The highest BCUT2D eigenvalue weighted by molar-refractivity contribution is 5.99. The minimum atomic E-state index is -1.43. The molecule has 0 unspecified atom stereocenters. The maximum atomic E-state index is 13.9. The van der Waals surface area contributed by atoms with E-state index in [0.29, 0.717) is 0 Å². The van der Waals surface area contributed by atoms with Crippen LogP contribution in [0.5, 0.6) is 0 Å². The molecule has 2 heterocycles. The van der Waals surface area contributed by atoms with Gasteiger partial charge in [0.25, 0.3) is 0 Å². The molecule has 0 radical (unpaired) electrons.